The van der Waals surface area contributed by atoms with Crippen LogP contribution in [0.1, 0.15) is 23.7 Å². The Morgan fingerprint density at radius 3 is 2.25 bits per heavy atom. The van der Waals surface area contributed by atoms with E-state index in [0.717, 1.165) is 8.57 Å². The summed E-state index contributed by atoms with van der Waals surface area (Å²) < 4.78 is 1.07. The molecule has 2 N–H and O–H groups in total. The van der Waals surface area contributed by atoms with Crippen molar-refractivity contribution in [2.45, 2.75) is 13.3 Å². The number of halogens is 1. The number of rotatable bonds is 4. The standard InChI is InChI=1S/C14H13IN2O2S/c1-2-13(18)16-10-3-5-11(6-4-10)17-14(19)9-7-12(15)20-8-9/h3-8H,2H2,1H3,(H,16,18)(H,17,19). The van der Waals surface area contributed by atoms with Crippen LogP contribution in [-0.4, -0.2) is 11.8 Å². The summed E-state index contributed by atoms with van der Waals surface area (Å²) in [5.41, 5.74) is 2.08. The molecule has 6 heteroatoms. The van der Waals surface area contributed by atoms with E-state index in [4.69, 9.17) is 0 Å². The Kier molecular flexibility index (Phi) is 5.13. The Bertz CT molecular complexity index is 622. The van der Waals surface area contributed by atoms with Crippen LogP contribution in [0, 0.1) is 2.88 Å². The fourth-order valence-corrected chi connectivity index (χ4v) is 2.85. The molecule has 20 heavy (non-hydrogen) atoms. The lowest BCUT2D eigenvalue weighted by molar-refractivity contribution is -0.115. The Morgan fingerprint density at radius 2 is 1.75 bits per heavy atom. The zero-order valence-electron chi connectivity index (χ0n) is 10.8. The molecule has 0 fully saturated rings. The van der Waals surface area contributed by atoms with Gasteiger partial charge in [-0.3, -0.25) is 9.59 Å². The van der Waals surface area contributed by atoms with Gasteiger partial charge in [-0.15, -0.1) is 11.3 Å². The minimum absolute atomic E-state index is 0.0327. The van der Waals surface area contributed by atoms with Crippen molar-refractivity contribution < 1.29 is 9.59 Å². The van der Waals surface area contributed by atoms with E-state index in [2.05, 4.69) is 33.2 Å². The maximum absolute atomic E-state index is 12.0. The van der Waals surface area contributed by atoms with Crippen LogP contribution in [-0.2, 0) is 4.79 Å². The van der Waals surface area contributed by atoms with Crippen molar-refractivity contribution >= 4 is 57.1 Å². The summed E-state index contributed by atoms with van der Waals surface area (Å²) in [5, 5.41) is 7.40. The molecule has 0 saturated heterocycles. The molecule has 0 radical (unpaired) electrons. The second-order valence-corrected chi connectivity index (χ2v) is 6.88. The zero-order chi connectivity index (χ0) is 14.5. The first-order valence-electron chi connectivity index (χ1n) is 6.04. The summed E-state index contributed by atoms with van der Waals surface area (Å²) >= 11 is 3.72. The van der Waals surface area contributed by atoms with Crippen LogP contribution in [0.2, 0.25) is 0 Å². The number of nitrogens with one attached hydrogen (secondary N) is 2. The summed E-state index contributed by atoms with van der Waals surface area (Å²) in [6.45, 7) is 1.80. The largest absolute Gasteiger partial charge is 0.326 e. The molecule has 0 spiro atoms. The van der Waals surface area contributed by atoms with E-state index in [9.17, 15) is 9.59 Å². The van der Waals surface area contributed by atoms with E-state index in [1.165, 1.54) is 11.3 Å². The van der Waals surface area contributed by atoms with Gasteiger partial charge in [0.25, 0.3) is 5.91 Å². The highest BCUT2D eigenvalue weighted by Gasteiger charge is 2.08. The van der Waals surface area contributed by atoms with Crippen molar-refractivity contribution in [3.8, 4) is 0 Å². The maximum atomic E-state index is 12.0. The van der Waals surface area contributed by atoms with E-state index in [-0.39, 0.29) is 11.8 Å². The van der Waals surface area contributed by atoms with Crippen LogP contribution in [0.15, 0.2) is 35.7 Å². The fraction of sp³-hybridized carbons (Fsp3) is 0.143. The number of benzene rings is 1. The van der Waals surface area contributed by atoms with Gasteiger partial charge in [-0.1, -0.05) is 6.92 Å². The molecule has 0 atom stereocenters. The molecule has 0 aliphatic heterocycles. The van der Waals surface area contributed by atoms with E-state index in [1.807, 2.05) is 11.4 Å². The molecule has 4 nitrogen and oxygen atoms in total. The summed E-state index contributed by atoms with van der Waals surface area (Å²) in [4.78, 5) is 23.2. The van der Waals surface area contributed by atoms with Gasteiger partial charge in [0.05, 0.1) is 8.45 Å². The van der Waals surface area contributed by atoms with E-state index in [1.54, 1.807) is 31.2 Å². The van der Waals surface area contributed by atoms with Crippen molar-refractivity contribution in [3.05, 3.63) is 44.2 Å². The van der Waals surface area contributed by atoms with Crippen LogP contribution in [0.3, 0.4) is 0 Å². The molecular formula is C14H13IN2O2S. The van der Waals surface area contributed by atoms with E-state index in [0.29, 0.717) is 17.7 Å². The number of amides is 2. The van der Waals surface area contributed by atoms with Crippen LogP contribution >= 0.6 is 33.9 Å². The highest BCUT2D eigenvalue weighted by atomic mass is 127. The van der Waals surface area contributed by atoms with Crippen molar-refractivity contribution in [2.75, 3.05) is 10.6 Å². The third kappa shape index (κ3) is 4.04. The molecule has 0 unspecified atom stereocenters. The molecule has 0 bridgehead atoms. The topological polar surface area (TPSA) is 58.2 Å². The predicted molar refractivity (Wildman–Crippen MR) is 90.4 cm³/mol. The molecule has 104 valence electrons. The summed E-state index contributed by atoms with van der Waals surface area (Å²) in [5.74, 6) is -0.163. The maximum Gasteiger partial charge on any atom is 0.256 e. The van der Waals surface area contributed by atoms with Gasteiger partial charge < -0.3 is 10.6 Å². The summed E-state index contributed by atoms with van der Waals surface area (Å²) in [6.07, 6.45) is 0.440. The van der Waals surface area contributed by atoms with Gasteiger partial charge in [0.15, 0.2) is 0 Å². The molecule has 1 heterocycles. The van der Waals surface area contributed by atoms with Crippen molar-refractivity contribution in [1.82, 2.24) is 0 Å². The van der Waals surface area contributed by atoms with Gasteiger partial charge in [0, 0.05) is 23.2 Å². The molecule has 2 rings (SSSR count). The van der Waals surface area contributed by atoms with Crippen LogP contribution < -0.4 is 10.6 Å². The van der Waals surface area contributed by atoms with Crippen molar-refractivity contribution in [2.24, 2.45) is 0 Å². The molecule has 0 aliphatic carbocycles. The first-order chi connectivity index (χ1) is 9.58. The first kappa shape index (κ1) is 15.0. The average molecular weight is 400 g/mol. The number of anilines is 2. The lowest BCUT2D eigenvalue weighted by Gasteiger charge is -2.06. The third-order valence-corrected chi connectivity index (χ3v) is 4.37. The average Bonchev–Trinajstić information content (AvgIpc) is 2.87. The highest BCUT2D eigenvalue weighted by Crippen LogP contribution is 2.19. The van der Waals surface area contributed by atoms with Gasteiger partial charge in [-0.2, -0.15) is 0 Å². The minimum atomic E-state index is -0.130. The molecule has 0 aliphatic rings. The van der Waals surface area contributed by atoms with Crippen LogP contribution in [0.4, 0.5) is 11.4 Å². The minimum Gasteiger partial charge on any atom is -0.326 e. The smallest absolute Gasteiger partial charge is 0.256 e. The first-order valence-corrected chi connectivity index (χ1v) is 7.99. The number of hydrogen-bond donors (Lipinski definition) is 2. The Hall–Kier alpha value is -1.41. The number of hydrogen-bond acceptors (Lipinski definition) is 3. The SMILES string of the molecule is CCC(=O)Nc1ccc(NC(=O)c2csc(I)c2)cc1. The monoisotopic (exact) mass is 400 g/mol. The lowest BCUT2D eigenvalue weighted by Crippen LogP contribution is -2.11. The highest BCUT2D eigenvalue weighted by molar-refractivity contribution is 14.1. The normalized spacial score (nSPS) is 10.1. The molecular weight excluding hydrogens is 387 g/mol. The molecule has 1 aromatic carbocycles. The van der Waals surface area contributed by atoms with Gasteiger partial charge in [0.1, 0.15) is 0 Å². The van der Waals surface area contributed by atoms with Gasteiger partial charge in [-0.05, 0) is 52.9 Å². The van der Waals surface area contributed by atoms with Crippen LogP contribution in [0.5, 0.6) is 0 Å². The molecule has 2 amide bonds. The van der Waals surface area contributed by atoms with Crippen molar-refractivity contribution in [3.63, 3.8) is 0 Å². The molecule has 1 aromatic heterocycles. The second kappa shape index (κ2) is 6.85. The number of carbonyl (C=O) groups excluding carboxylic acids is 2. The number of thiophene rings is 1. The Morgan fingerprint density at radius 1 is 1.15 bits per heavy atom. The lowest BCUT2D eigenvalue weighted by atomic mass is 10.2. The van der Waals surface area contributed by atoms with Gasteiger partial charge >= 0.3 is 0 Å². The van der Waals surface area contributed by atoms with E-state index >= 15 is 0 Å². The summed E-state index contributed by atoms with van der Waals surface area (Å²) in [6, 6.07) is 8.90. The van der Waals surface area contributed by atoms with Gasteiger partial charge in [0.2, 0.25) is 5.91 Å². The second-order valence-electron chi connectivity index (χ2n) is 4.07. The van der Waals surface area contributed by atoms with Gasteiger partial charge in [-0.25, -0.2) is 0 Å². The predicted octanol–water partition coefficient (Wildman–Crippen LogP) is 3.95. The zero-order valence-corrected chi connectivity index (χ0v) is 13.7. The molecule has 2 aromatic rings. The molecule has 0 saturated carbocycles. The third-order valence-electron chi connectivity index (χ3n) is 2.58. The van der Waals surface area contributed by atoms with E-state index < -0.39 is 0 Å². The van der Waals surface area contributed by atoms with Crippen molar-refractivity contribution in [1.29, 1.82) is 0 Å². The fourth-order valence-electron chi connectivity index (χ4n) is 1.52. The van der Waals surface area contributed by atoms with Crippen LogP contribution in [0.25, 0.3) is 0 Å². The summed E-state index contributed by atoms with van der Waals surface area (Å²) in [7, 11) is 0. The Balaban J connectivity index is 2.00. The quantitative estimate of drug-likeness (QED) is 0.764. The Labute approximate surface area is 134 Å². The number of carbonyl (C=O) groups is 2.